The summed E-state index contributed by atoms with van der Waals surface area (Å²) in [4.78, 5) is 29.1. The summed E-state index contributed by atoms with van der Waals surface area (Å²) in [7, 11) is 0. The molecule has 12 rings (SSSR count). The molecule has 0 spiro atoms. The molecule has 3 aromatic heterocycles. The molecule has 6 heteroatoms. The Hall–Kier alpha value is -5.88. The number of hydrogen-bond donors (Lipinski definition) is 0. The molecule has 0 saturated carbocycles. The molecule has 0 unspecified atom stereocenters. The van der Waals surface area contributed by atoms with Crippen molar-refractivity contribution in [2.75, 3.05) is 0 Å². The molecule has 0 bridgehead atoms. The van der Waals surface area contributed by atoms with Crippen LogP contribution in [0.2, 0.25) is 0 Å². The molecule has 44 heavy (non-hydrogen) atoms. The molecular formula is C38H18BN3O2. The summed E-state index contributed by atoms with van der Waals surface area (Å²) in [5.41, 5.74) is 10.3. The summed E-state index contributed by atoms with van der Waals surface area (Å²) < 4.78 is 6.25. The van der Waals surface area contributed by atoms with Gasteiger partial charge < -0.3 is 4.57 Å². The van der Waals surface area contributed by atoms with Gasteiger partial charge in [0.15, 0.2) is 0 Å². The fraction of sp³-hybridized carbons (Fsp3) is 0. The van der Waals surface area contributed by atoms with E-state index in [1.807, 2.05) is 51.6 Å². The zero-order chi connectivity index (χ0) is 28.6. The minimum atomic E-state index is -0.121. The predicted octanol–water partition coefficient (Wildman–Crippen LogP) is 5.15. The van der Waals surface area contributed by atoms with E-state index in [9.17, 15) is 9.59 Å². The quantitative estimate of drug-likeness (QED) is 0.191. The van der Waals surface area contributed by atoms with Crippen molar-refractivity contribution >= 4 is 88.3 Å². The maximum absolute atomic E-state index is 14.6. The molecule has 0 fully saturated rings. The van der Waals surface area contributed by atoms with Crippen LogP contribution in [0.15, 0.2) is 119 Å². The van der Waals surface area contributed by atoms with E-state index in [0.29, 0.717) is 10.8 Å². The second-order valence-electron chi connectivity index (χ2n) is 12.3. The molecule has 3 aliphatic rings. The molecule has 200 valence electrons. The van der Waals surface area contributed by atoms with Crippen LogP contribution in [0.1, 0.15) is 0 Å². The Bertz CT molecular complexity index is 3050. The van der Waals surface area contributed by atoms with E-state index in [2.05, 4.69) is 71.3 Å². The molecule has 0 saturated heterocycles. The van der Waals surface area contributed by atoms with E-state index < -0.39 is 0 Å². The van der Waals surface area contributed by atoms with Gasteiger partial charge in [0.1, 0.15) is 0 Å². The lowest BCUT2D eigenvalue weighted by atomic mass is 9.32. The van der Waals surface area contributed by atoms with E-state index in [1.165, 1.54) is 10.8 Å². The summed E-state index contributed by atoms with van der Waals surface area (Å²) in [6, 6.07) is 37.4. The van der Waals surface area contributed by atoms with Crippen LogP contribution in [0.3, 0.4) is 0 Å². The Kier molecular flexibility index (Phi) is 3.39. The van der Waals surface area contributed by atoms with Crippen molar-refractivity contribution in [1.82, 2.24) is 13.7 Å². The minimum Gasteiger partial charge on any atom is -0.310 e. The van der Waals surface area contributed by atoms with Crippen molar-refractivity contribution in [3.8, 4) is 17.1 Å². The average molecular weight is 559 g/mol. The van der Waals surface area contributed by atoms with Crippen molar-refractivity contribution in [1.29, 1.82) is 0 Å². The number of hydrogen-bond acceptors (Lipinski definition) is 2. The maximum Gasteiger partial charge on any atom is 0.263 e. The van der Waals surface area contributed by atoms with Gasteiger partial charge in [0.2, 0.25) is 0 Å². The Morgan fingerprint density at radius 1 is 0.386 bits per heavy atom. The third-order valence-electron chi connectivity index (χ3n) is 10.6. The average Bonchev–Trinajstić information content (AvgIpc) is 3.41. The molecule has 3 aliphatic heterocycles. The first kappa shape index (κ1) is 21.8. The van der Waals surface area contributed by atoms with Gasteiger partial charge in [-0.05, 0) is 69.6 Å². The van der Waals surface area contributed by atoms with Crippen molar-refractivity contribution in [3.63, 3.8) is 0 Å². The molecule has 0 N–H and O–H groups in total. The minimum absolute atomic E-state index is 0.0280. The number of nitrogens with zero attached hydrogens (tertiary/aromatic N) is 3. The normalized spacial score (nSPS) is 13.6. The van der Waals surface area contributed by atoms with E-state index in [0.717, 1.165) is 77.1 Å². The highest BCUT2D eigenvalue weighted by Gasteiger charge is 2.46. The van der Waals surface area contributed by atoms with E-state index in [1.54, 1.807) is 0 Å². The lowest BCUT2D eigenvalue weighted by Gasteiger charge is -2.39. The number of aromatic nitrogens is 3. The van der Waals surface area contributed by atoms with Gasteiger partial charge in [-0.2, -0.15) is 0 Å². The van der Waals surface area contributed by atoms with Crippen molar-refractivity contribution in [2.45, 2.75) is 0 Å². The summed E-state index contributed by atoms with van der Waals surface area (Å²) in [6.07, 6.45) is 0. The number of rotatable bonds is 0. The molecule has 9 aromatic rings. The van der Waals surface area contributed by atoms with Gasteiger partial charge in [-0.1, -0.05) is 66.7 Å². The SMILES string of the molecule is O=c1c2ccccc2c2ccc3c4c2n1-c1cccc2c1B4c1c4c(cc5c6ccccc6n-2c15)c1ccccc1c(=O)n4-3. The summed E-state index contributed by atoms with van der Waals surface area (Å²) in [6.45, 7) is -0.121. The lowest BCUT2D eigenvalue weighted by molar-refractivity contribution is 1.03. The van der Waals surface area contributed by atoms with Gasteiger partial charge >= 0.3 is 0 Å². The van der Waals surface area contributed by atoms with Crippen LogP contribution in [0.5, 0.6) is 0 Å². The zero-order valence-electron chi connectivity index (χ0n) is 23.1. The van der Waals surface area contributed by atoms with Crippen LogP contribution in [-0.2, 0) is 0 Å². The predicted molar refractivity (Wildman–Crippen MR) is 180 cm³/mol. The topological polar surface area (TPSA) is 48.9 Å². The maximum atomic E-state index is 14.6. The molecule has 6 aromatic carbocycles. The van der Waals surface area contributed by atoms with Crippen LogP contribution in [0.25, 0.3) is 82.2 Å². The van der Waals surface area contributed by atoms with Crippen LogP contribution in [-0.4, -0.2) is 20.4 Å². The Labute approximate surface area is 248 Å². The van der Waals surface area contributed by atoms with Crippen molar-refractivity contribution in [2.24, 2.45) is 0 Å². The third kappa shape index (κ3) is 2.09. The number of fused-ring (bicyclic) bond motifs is 10. The van der Waals surface area contributed by atoms with Gasteiger partial charge in [0.25, 0.3) is 17.8 Å². The Morgan fingerprint density at radius 3 is 1.64 bits per heavy atom. The zero-order valence-corrected chi connectivity index (χ0v) is 23.1. The van der Waals surface area contributed by atoms with Gasteiger partial charge in [0.05, 0.1) is 22.1 Å². The molecule has 5 nitrogen and oxygen atoms in total. The van der Waals surface area contributed by atoms with E-state index in [-0.39, 0.29) is 17.8 Å². The smallest absolute Gasteiger partial charge is 0.263 e. The highest BCUT2D eigenvalue weighted by atomic mass is 16.1. The number of pyridine rings is 2. The largest absolute Gasteiger partial charge is 0.310 e. The standard InChI is InChI=1S/C38H18BN3O2/c43-37-23-11-3-1-8-19(23)22-16-17-30-32-34(22)41(37)29-15-7-14-28-31(29)39(32)33-35-26(21-10-5-6-13-27(21)40(28)35)18-25-20-9-2-4-12-24(20)38(44)42(30)36(25)33/h1-18H. The number of benzene rings is 6. The van der Waals surface area contributed by atoms with Crippen LogP contribution in [0, 0.1) is 0 Å². The van der Waals surface area contributed by atoms with Gasteiger partial charge in [0, 0.05) is 49.4 Å². The summed E-state index contributed by atoms with van der Waals surface area (Å²) >= 11 is 0. The van der Waals surface area contributed by atoms with Crippen LogP contribution >= 0.6 is 0 Å². The third-order valence-corrected chi connectivity index (χ3v) is 10.6. The van der Waals surface area contributed by atoms with E-state index >= 15 is 0 Å². The van der Waals surface area contributed by atoms with Crippen molar-refractivity contribution < 1.29 is 0 Å². The second kappa shape index (κ2) is 6.85. The first-order valence-corrected chi connectivity index (χ1v) is 15.0. The highest BCUT2D eigenvalue weighted by molar-refractivity contribution is 7.02. The van der Waals surface area contributed by atoms with E-state index in [4.69, 9.17) is 0 Å². The fourth-order valence-electron chi connectivity index (χ4n) is 9.02. The lowest BCUT2D eigenvalue weighted by Crippen LogP contribution is -2.64. The second-order valence-corrected chi connectivity index (χ2v) is 12.3. The monoisotopic (exact) mass is 559 g/mol. The molecule has 6 heterocycles. The van der Waals surface area contributed by atoms with Gasteiger partial charge in [-0.15, -0.1) is 0 Å². The molecule has 0 amide bonds. The van der Waals surface area contributed by atoms with Crippen LogP contribution < -0.4 is 27.5 Å². The molecule has 0 radical (unpaired) electrons. The fourth-order valence-corrected chi connectivity index (χ4v) is 9.02. The summed E-state index contributed by atoms with van der Waals surface area (Å²) in [5, 5.41) is 7.79. The first-order chi connectivity index (χ1) is 21.7. The highest BCUT2D eigenvalue weighted by Crippen LogP contribution is 2.41. The first-order valence-electron chi connectivity index (χ1n) is 15.0. The molecule has 0 atom stereocenters. The number of para-hydroxylation sites is 1. The van der Waals surface area contributed by atoms with Gasteiger partial charge in [-0.3, -0.25) is 18.7 Å². The van der Waals surface area contributed by atoms with Gasteiger partial charge in [-0.25, -0.2) is 0 Å². The Morgan fingerprint density at radius 2 is 0.909 bits per heavy atom. The van der Waals surface area contributed by atoms with Crippen LogP contribution in [0.4, 0.5) is 0 Å². The Balaban J connectivity index is 1.49. The van der Waals surface area contributed by atoms with Crippen molar-refractivity contribution in [3.05, 3.63) is 130 Å². The summed E-state index contributed by atoms with van der Waals surface area (Å²) in [5.74, 6) is 0. The molecular weight excluding hydrogens is 541 g/mol. The molecule has 0 aliphatic carbocycles.